The normalized spacial score (nSPS) is 26.4. The van der Waals surface area contributed by atoms with Crippen LogP contribution in [0.4, 0.5) is 0 Å². The average molecular weight is 370 g/mol. The summed E-state index contributed by atoms with van der Waals surface area (Å²) in [5, 5.41) is 9.57. The topological polar surface area (TPSA) is 101 Å². The molecule has 9 heteroatoms. The molecule has 0 saturated carbocycles. The maximum Gasteiger partial charge on any atom is 0.240 e. The molecule has 1 aromatic rings. The smallest absolute Gasteiger partial charge is 0.240 e. The van der Waals surface area contributed by atoms with Crippen molar-refractivity contribution >= 4 is 35.8 Å². The minimum absolute atomic E-state index is 0.0206. The number of hydrogen-bond acceptors (Lipinski definition) is 5. The number of rotatable bonds is 3. The Morgan fingerprint density at radius 1 is 1.21 bits per heavy atom. The summed E-state index contributed by atoms with van der Waals surface area (Å²) in [5.41, 5.74) is 0. The fourth-order valence-electron chi connectivity index (χ4n) is 1.82. The van der Waals surface area contributed by atoms with Gasteiger partial charge >= 0.3 is 0 Å². The first-order valence-corrected chi connectivity index (χ1v) is 9.46. The molecule has 0 bridgehead atoms. The standard InChI is InChI=1S/C10H12BrNO5S2/c11-7-1-3-8(4-2-7)19(16,17)12-9-5-18(14,15)6-10(9)13/h1-4,9-10,12-13H,5-6H2/t9-,10-/m1/s1. The van der Waals surface area contributed by atoms with E-state index >= 15 is 0 Å². The summed E-state index contributed by atoms with van der Waals surface area (Å²) in [6.45, 7) is 0. The van der Waals surface area contributed by atoms with Gasteiger partial charge in [0.2, 0.25) is 10.0 Å². The summed E-state index contributed by atoms with van der Waals surface area (Å²) in [5.74, 6) is -0.801. The van der Waals surface area contributed by atoms with Crippen LogP contribution in [0.15, 0.2) is 33.6 Å². The molecule has 1 aromatic carbocycles. The summed E-state index contributed by atoms with van der Waals surface area (Å²) in [6.07, 6.45) is -1.21. The predicted molar refractivity (Wildman–Crippen MR) is 72.9 cm³/mol. The van der Waals surface area contributed by atoms with Crippen molar-refractivity contribution in [2.75, 3.05) is 11.5 Å². The van der Waals surface area contributed by atoms with Gasteiger partial charge in [-0.05, 0) is 24.3 Å². The van der Waals surface area contributed by atoms with Gasteiger partial charge in [0.15, 0.2) is 9.84 Å². The van der Waals surface area contributed by atoms with Crippen molar-refractivity contribution in [1.29, 1.82) is 0 Å². The molecule has 0 radical (unpaired) electrons. The van der Waals surface area contributed by atoms with E-state index in [1.54, 1.807) is 12.1 Å². The Labute approximate surface area is 119 Å². The first kappa shape index (κ1) is 14.9. The van der Waals surface area contributed by atoms with Crippen molar-refractivity contribution in [3.8, 4) is 0 Å². The van der Waals surface area contributed by atoms with E-state index in [-0.39, 0.29) is 10.6 Å². The van der Waals surface area contributed by atoms with Crippen LogP contribution in [-0.4, -0.2) is 45.6 Å². The van der Waals surface area contributed by atoms with E-state index in [0.717, 1.165) is 4.47 Å². The molecule has 1 aliphatic rings. The zero-order valence-electron chi connectivity index (χ0n) is 9.65. The third kappa shape index (κ3) is 3.54. The summed E-state index contributed by atoms with van der Waals surface area (Å²) in [7, 11) is -7.23. The lowest BCUT2D eigenvalue weighted by Gasteiger charge is -2.15. The lowest BCUT2D eigenvalue weighted by Crippen LogP contribution is -2.42. The van der Waals surface area contributed by atoms with Gasteiger partial charge in [0.25, 0.3) is 0 Å². The second-order valence-electron chi connectivity index (χ2n) is 4.33. The van der Waals surface area contributed by atoms with Crippen LogP contribution < -0.4 is 4.72 Å². The van der Waals surface area contributed by atoms with Crippen LogP contribution >= 0.6 is 15.9 Å². The fraction of sp³-hybridized carbons (Fsp3) is 0.400. The molecule has 106 valence electrons. The van der Waals surface area contributed by atoms with Crippen molar-refractivity contribution in [3.05, 3.63) is 28.7 Å². The molecule has 1 saturated heterocycles. The molecule has 19 heavy (non-hydrogen) atoms. The number of aliphatic hydroxyl groups is 1. The second-order valence-corrected chi connectivity index (χ2v) is 9.11. The van der Waals surface area contributed by atoms with Gasteiger partial charge in [0.1, 0.15) is 0 Å². The van der Waals surface area contributed by atoms with Crippen LogP contribution in [0.5, 0.6) is 0 Å². The number of benzene rings is 1. The number of aliphatic hydroxyl groups excluding tert-OH is 1. The highest BCUT2D eigenvalue weighted by Crippen LogP contribution is 2.18. The molecule has 0 amide bonds. The van der Waals surface area contributed by atoms with Gasteiger partial charge in [-0.15, -0.1) is 0 Å². The van der Waals surface area contributed by atoms with Crippen LogP contribution in [0.3, 0.4) is 0 Å². The molecule has 0 aromatic heterocycles. The van der Waals surface area contributed by atoms with Gasteiger partial charge in [-0.1, -0.05) is 15.9 Å². The quantitative estimate of drug-likeness (QED) is 0.773. The molecule has 1 fully saturated rings. The third-order valence-corrected chi connectivity index (χ3v) is 6.50. The molecule has 1 aliphatic heterocycles. The highest BCUT2D eigenvalue weighted by molar-refractivity contribution is 9.10. The molecule has 0 aliphatic carbocycles. The summed E-state index contributed by atoms with van der Waals surface area (Å²) >= 11 is 3.19. The van der Waals surface area contributed by atoms with Gasteiger partial charge in [-0.2, -0.15) is 0 Å². The Morgan fingerprint density at radius 3 is 2.26 bits per heavy atom. The predicted octanol–water partition coefficient (Wildman–Crippen LogP) is -0.115. The highest BCUT2D eigenvalue weighted by atomic mass is 79.9. The minimum Gasteiger partial charge on any atom is -0.390 e. The molecule has 0 spiro atoms. The lowest BCUT2D eigenvalue weighted by atomic mass is 10.2. The van der Waals surface area contributed by atoms with Crippen LogP contribution in [0, 0.1) is 0 Å². The summed E-state index contributed by atoms with van der Waals surface area (Å²) < 4.78 is 49.6. The summed E-state index contributed by atoms with van der Waals surface area (Å²) in [6, 6.07) is 4.91. The number of sulfonamides is 1. The van der Waals surface area contributed by atoms with E-state index in [1.165, 1.54) is 12.1 Å². The average Bonchev–Trinajstić information content (AvgIpc) is 2.51. The van der Waals surface area contributed by atoms with Gasteiger partial charge in [0.05, 0.1) is 28.5 Å². The zero-order chi connectivity index (χ0) is 14.3. The number of halogens is 1. The van der Waals surface area contributed by atoms with E-state index in [1.807, 2.05) is 0 Å². The number of nitrogens with one attached hydrogen (secondary N) is 1. The second kappa shape index (κ2) is 5.13. The maximum atomic E-state index is 12.0. The monoisotopic (exact) mass is 369 g/mol. The van der Waals surface area contributed by atoms with E-state index < -0.39 is 37.8 Å². The van der Waals surface area contributed by atoms with Gasteiger partial charge in [-0.3, -0.25) is 0 Å². The van der Waals surface area contributed by atoms with Crippen LogP contribution in [0.1, 0.15) is 0 Å². The molecular formula is C10H12BrNO5S2. The van der Waals surface area contributed by atoms with E-state index in [9.17, 15) is 21.9 Å². The minimum atomic E-state index is -3.84. The van der Waals surface area contributed by atoms with Crippen molar-refractivity contribution in [2.24, 2.45) is 0 Å². The molecule has 1 heterocycles. The maximum absolute atomic E-state index is 12.0. The Morgan fingerprint density at radius 2 is 1.79 bits per heavy atom. The van der Waals surface area contributed by atoms with Crippen molar-refractivity contribution in [3.63, 3.8) is 0 Å². The Hall–Kier alpha value is -0.480. The molecule has 2 N–H and O–H groups in total. The van der Waals surface area contributed by atoms with Crippen molar-refractivity contribution in [1.82, 2.24) is 4.72 Å². The Kier molecular flexibility index (Phi) is 4.03. The first-order valence-electron chi connectivity index (χ1n) is 5.36. The van der Waals surface area contributed by atoms with Crippen molar-refractivity contribution < 1.29 is 21.9 Å². The first-order chi connectivity index (χ1) is 8.70. The van der Waals surface area contributed by atoms with Crippen molar-refractivity contribution in [2.45, 2.75) is 17.0 Å². The van der Waals surface area contributed by atoms with Crippen LogP contribution in [0.2, 0.25) is 0 Å². The number of sulfone groups is 1. The SMILES string of the molecule is O=S1(=O)C[C@@H](O)[C@H](NS(=O)(=O)c2ccc(Br)cc2)C1. The Bertz CT molecular complexity index is 668. The number of hydrogen-bond donors (Lipinski definition) is 2. The van der Waals surface area contributed by atoms with E-state index in [0.29, 0.717) is 0 Å². The molecule has 2 rings (SSSR count). The zero-order valence-corrected chi connectivity index (χ0v) is 12.9. The summed E-state index contributed by atoms with van der Waals surface area (Å²) in [4.78, 5) is 0.0206. The van der Waals surface area contributed by atoms with E-state index in [4.69, 9.17) is 0 Å². The van der Waals surface area contributed by atoms with Crippen LogP contribution in [-0.2, 0) is 19.9 Å². The van der Waals surface area contributed by atoms with E-state index in [2.05, 4.69) is 20.7 Å². The largest absolute Gasteiger partial charge is 0.390 e. The molecule has 0 unspecified atom stereocenters. The molecular weight excluding hydrogens is 358 g/mol. The van der Waals surface area contributed by atoms with Crippen LogP contribution in [0.25, 0.3) is 0 Å². The lowest BCUT2D eigenvalue weighted by molar-refractivity contribution is 0.176. The Balaban J connectivity index is 2.21. The van der Waals surface area contributed by atoms with Gasteiger partial charge in [0, 0.05) is 4.47 Å². The van der Waals surface area contributed by atoms with Gasteiger partial charge in [-0.25, -0.2) is 21.6 Å². The molecule has 2 atom stereocenters. The highest BCUT2D eigenvalue weighted by Gasteiger charge is 2.38. The molecule has 6 nitrogen and oxygen atoms in total. The fourth-order valence-corrected chi connectivity index (χ4v) is 5.20. The van der Waals surface area contributed by atoms with Gasteiger partial charge < -0.3 is 5.11 Å². The third-order valence-electron chi connectivity index (χ3n) is 2.75.